The number of hydrogen-bond donors (Lipinski definition) is 0. The molecule has 18 heavy (non-hydrogen) atoms. The van der Waals surface area contributed by atoms with Crippen molar-refractivity contribution in [1.82, 2.24) is 4.57 Å². The number of aromatic nitrogens is 1. The summed E-state index contributed by atoms with van der Waals surface area (Å²) >= 11 is 3.33. The van der Waals surface area contributed by atoms with Crippen LogP contribution in [-0.2, 0) is 18.8 Å². The van der Waals surface area contributed by atoms with E-state index in [9.17, 15) is 4.79 Å². The summed E-state index contributed by atoms with van der Waals surface area (Å²) in [6.45, 7) is 2.13. The highest BCUT2D eigenvalue weighted by molar-refractivity contribution is 9.08. The molecule has 1 aromatic carbocycles. The lowest BCUT2D eigenvalue weighted by Crippen LogP contribution is -2.21. The molecule has 0 spiro atoms. The molecule has 0 aliphatic carbocycles. The molecule has 1 aromatic heterocycles. The van der Waals surface area contributed by atoms with Gasteiger partial charge in [0.1, 0.15) is 0 Å². The maximum absolute atomic E-state index is 12.0. The molecule has 0 radical (unpaired) electrons. The van der Waals surface area contributed by atoms with Gasteiger partial charge in [0.25, 0.3) is 5.56 Å². The summed E-state index contributed by atoms with van der Waals surface area (Å²) in [5.74, 6) is 0. The Morgan fingerprint density at radius 2 is 1.78 bits per heavy atom. The number of nitrogens with zero attached hydrogens (tertiary/aromatic N) is 1. The third kappa shape index (κ3) is 2.41. The number of aryl methyl sites for hydroxylation is 1. The molecule has 0 bridgehead atoms. The smallest absolute Gasteiger partial charge is 0.254 e. The normalized spacial score (nSPS) is 10.6. The summed E-state index contributed by atoms with van der Waals surface area (Å²) in [6, 6.07) is 12.2. The van der Waals surface area contributed by atoms with Gasteiger partial charge in [-0.2, -0.15) is 0 Å². The molecular formula is C15H16BrNO. The quantitative estimate of drug-likeness (QED) is 0.795. The molecule has 1 heterocycles. The lowest BCUT2D eigenvalue weighted by atomic mass is 10.1. The summed E-state index contributed by atoms with van der Waals surface area (Å²) < 4.78 is 1.71. The third-order valence-electron chi connectivity index (χ3n) is 3.18. The minimum Gasteiger partial charge on any atom is -0.311 e. The molecule has 0 atom stereocenters. The predicted octanol–water partition coefficient (Wildman–Crippen LogP) is 3.51. The van der Waals surface area contributed by atoms with E-state index < -0.39 is 0 Å². The summed E-state index contributed by atoms with van der Waals surface area (Å²) in [6.07, 6.45) is 1.03. The third-order valence-corrected chi connectivity index (χ3v) is 3.79. The molecular weight excluding hydrogens is 290 g/mol. The van der Waals surface area contributed by atoms with E-state index in [1.807, 2.05) is 19.2 Å². The van der Waals surface area contributed by atoms with Crippen LogP contribution in [0.2, 0.25) is 0 Å². The summed E-state index contributed by atoms with van der Waals surface area (Å²) in [7, 11) is 1.82. The van der Waals surface area contributed by atoms with Gasteiger partial charge < -0.3 is 4.57 Å². The van der Waals surface area contributed by atoms with Crippen molar-refractivity contribution in [2.24, 2.45) is 7.05 Å². The Labute approximate surface area is 115 Å². The molecule has 2 aromatic rings. The Hall–Kier alpha value is -1.35. The Bertz CT molecular complexity index is 599. The van der Waals surface area contributed by atoms with Crippen LogP contribution >= 0.6 is 15.9 Å². The van der Waals surface area contributed by atoms with E-state index in [0.717, 1.165) is 23.2 Å². The Balaban J connectivity index is 2.50. The fourth-order valence-corrected chi connectivity index (χ4v) is 2.42. The number of halogens is 1. The van der Waals surface area contributed by atoms with Gasteiger partial charge in [-0.25, -0.2) is 0 Å². The van der Waals surface area contributed by atoms with Gasteiger partial charge in [-0.15, -0.1) is 0 Å². The molecule has 0 aliphatic heterocycles. The minimum absolute atomic E-state index is 0.0592. The highest BCUT2D eigenvalue weighted by atomic mass is 79.9. The fraction of sp³-hybridized carbons (Fsp3) is 0.267. The van der Waals surface area contributed by atoms with E-state index >= 15 is 0 Å². The molecule has 94 valence electrons. The molecule has 2 rings (SSSR count). The zero-order valence-electron chi connectivity index (χ0n) is 10.6. The number of hydrogen-bond acceptors (Lipinski definition) is 1. The van der Waals surface area contributed by atoms with Crippen molar-refractivity contribution in [2.75, 3.05) is 0 Å². The first kappa shape index (κ1) is 13.1. The Morgan fingerprint density at radius 3 is 2.33 bits per heavy atom. The van der Waals surface area contributed by atoms with Crippen LogP contribution in [0.25, 0.3) is 11.3 Å². The van der Waals surface area contributed by atoms with E-state index in [-0.39, 0.29) is 5.56 Å². The topological polar surface area (TPSA) is 22.0 Å². The van der Waals surface area contributed by atoms with Gasteiger partial charge in [0, 0.05) is 17.9 Å². The van der Waals surface area contributed by atoms with Gasteiger partial charge in [0.15, 0.2) is 0 Å². The van der Waals surface area contributed by atoms with Crippen LogP contribution in [-0.4, -0.2) is 4.57 Å². The highest BCUT2D eigenvalue weighted by Crippen LogP contribution is 2.19. The largest absolute Gasteiger partial charge is 0.311 e. The lowest BCUT2D eigenvalue weighted by Gasteiger charge is -2.10. The molecule has 0 N–H and O–H groups in total. The van der Waals surface area contributed by atoms with Gasteiger partial charge in [-0.1, -0.05) is 53.2 Å². The van der Waals surface area contributed by atoms with Crippen molar-refractivity contribution in [3.05, 3.63) is 57.9 Å². The van der Waals surface area contributed by atoms with E-state index in [4.69, 9.17) is 0 Å². The summed E-state index contributed by atoms with van der Waals surface area (Å²) in [5, 5.41) is 0.592. The second-order valence-electron chi connectivity index (χ2n) is 4.29. The van der Waals surface area contributed by atoms with E-state index in [2.05, 4.69) is 47.1 Å². The average Bonchev–Trinajstić information content (AvgIpc) is 2.42. The van der Waals surface area contributed by atoms with Crippen LogP contribution in [0.5, 0.6) is 0 Å². The van der Waals surface area contributed by atoms with Crippen LogP contribution < -0.4 is 5.56 Å². The molecule has 0 amide bonds. The van der Waals surface area contributed by atoms with Crippen LogP contribution in [0, 0.1) is 0 Å². The zero-order valence-corrected chi connectivity index (χ0v) is 12.2. The van der Waals surface area contributed by atoms with Crippen LogP contribution in [0.1, 0.15) is 18.1 Å². The monoisotopic (exact) mass is 305 g/mol. The van der Waals surface area contributed by atoms with Gasteiger partial charge in [-0.3, -0.25) is 4.79 Å². The Kier molecular flexibility index (Phi) is 4.02. The number of benzene rings is 1. The van der Waals surface area contributed by atoms with Gasteiger partial charge in [0.05, 0.1) is 5.69 Å². The first-order chi connectivity index (χ1) is 8.67. The number of alkyl halides is 1. The average molecular weight is 306 g/mol. The molecule has 2 nitrogen and oxygen atoms in total. The first-order valence-electron chi connectivity index (χ1n) is 6.01. The second kappa shape index (κ2) is 5.53. The Morgan fingerprint density at radius 1 is 1.11 bits per heavy atom. The molecule has 0 unspecified atom stereocenters. The van der Waals surface area contributed by atoms with Crippen molar-refractivity contribution in [3.8, 4) is 11.3 Å². The number of pyridine rings is 1. The van der Waals surface area contributed by atoms with Gasteiger partial charge >= 0.3 is 0 Å². The minimum atomic E-state index is 0.0592. The molecule has 0 fully saturated rings. The van der Waals surface area contributed by atoms with Crippen molar-refractivity contribution in [2.45, 2.75) is 18.7 Å². The predicted molar refractivity (Wildman–Crippen MR) is 79.1 cm³/mol. The molecule has 0 saturated carbocycles. The first-order valence-corrected chi connectivity index (χ1v) is 7.13. The highest BCUT2D eigenvalue weighted by Gasteiger charge is 2.06. The van der Waals surface area contributed by atoms with Crippen LogP contribution in [0.4, 0.5) is 0 Å². The second-order valence-corrected chi connectivity index (χ2v) is 4.85. The van der Waals surface area contributed by atoms with Crippen LogP contribution in [0.3, 0.4) is 0 Å². The molecule has 0 saturated heterocycles. The van der Waals surface area contributed by atoms with Gasteiger partial charge in [0.2, 0.25) is 0 Å². The van der Waals surface area contributed by atoms with E-state index in [1.165, 1.54) is 5.56 Å². The molecule has 0 aliphatic rings. The summed E-state index contributed by atoms with van der Waals surface area (Å²) in [4.78, 5) is 12.0. The maximum atomic E-state index is 12.0. The molecule has 3 heteroatoms. The van der Waals surface area contributed by atoms with Crippen molar-refractivity contribution < 1.29 is 0 Å². The summed E-state index contributed by atoms with van der Waals surface area (Å²) in [5.41, 5.74) is 4.18. The fourth-order valence-electron chi connectivity index (χ4n) is 1.99. The maximum Gasteiger partial charge on any atom is 0.254 e. The van der Waals surface area contributed by atoms with Crippen LogP contribution in [0.15, 0.2) is 41.2 Å². The van der Waals surface area contributed by atoms with Crippen molar-refractivity contribution >= 4 is 15.9 Å². The lowest BCUT2D eigenvalue weighted by molar-refractivity contribution is 0.857. The van der Waals surface area contributed by atoms with E-state index in [1.54, 1.807) is 4.57 Å². The van der Waals surface area contributed by atoms with Gasteiger partial charge in [-0.05, 0) is 23.6 Å². The van der Waals surface area contributed by atoms with Crippen molar-refractivity contribution in [1.29, 1.82) is 0 Å². The van der Waals surface area contributed by atoms with Crippen molar-refractivity contribution in [3.63, 3.8) is 0 Å². The number of rotatable bonds is 3. The van der Waals surface area contributed by atoms with E-state index in [0.29, 0.717) is 5.33 Å². The zero-order chi connectivity index (χ0) is 13.1. The SMILES string of the molecule is CCc1ccc(-c2ccc(CBr)c(=O)n2C)cc1. The standard InChI is InChI=1S/C15H16BrNO/c1-3-11-4-6-12(7-5-11)14-9-8-13(10-16)15(18)17(14)2/h4-9H,3,10H2,1-2H3.